The van der Waals surface area contributed by atoms with Crippen molar-refractivity contribution in [2.45, 2.75) is 32.6 Å². The number of hydrogen-bond donors (Lipinski definition) is 1. The molecular formula is C14H21N. The zero-order valence-electron chi connectivity index (χ0n) is 9.79. The fraction of sp³-hybridized carbons (Fsp3) is 0.571. The van der Waals surface area contributed by atoms with E-state index < -0.39 is 0 Å². The Morgan fingerprint density at radius 2 is 1.73 bits per heavy atom. The monoisotopic (exact) mass is 203 g/mol. The van der Waals surface area contributed by atoms with Gasteiger partial charge in [-0.2, -0.15) is 0 Å². The van der Waals surface area contributed by atoms with Crippen molar-refractivity contribution in [3.63, 3.8) is 0 Å². The maximum atomic E-state index is 3.43. The van der Waals surface area contributed by atoms with E-state index in [0.29, 0.717) is 5.92 Å². The summed E-state index contributed by atoms with van der Waals surface area (Å²) < 4.78 is 0. The normalized spacial score (nSPS) is 20.1. The average Bonchev–Trinajstić information content (AvgIpc) is 2.30. The van der Waals surface area contributed by atoms with Crippen LogP contribution in [0.4, 0.5) is 0 Å². The Morgan fingerprint density at radius 1 is 1.13 bits per heavy atom. The van der Waals surface area contributed by atoms with Gasteiger partial charge in [0.05, 0.1) is 0 Å². The molecule has 1 aromatic carbocycles. The van der Waals surface area contributed by atoms with Crippen LogP contribution in [-0.4, -0.2) is 13.1 Å². The lowest BCUT2D eigenvalue weighted by Gasteiger charge is -2.28. The highest BCUT2D eigenvalue weighted by molar-refractivity contribution is 5.24. The van der Waals surface area contributed by atoms with E-state index in [-0.39, 0.29) is 0 Å². The first-order valence-electron chi connectivity index (χ1n) is 6.04. The summed E-state index contributed by atoms with van der Waals surface area (Å²) in [5, 5.41) is 3.43. The minimum absolute atomic E-state index is 0.715. The van der Waals surface area contributed by atoms with E-state index in [4.69, 9.17) is 0 Å². The second-order valence-electron chi connectivity index (χ2n) is 4.79. The predicted molar refractivity (Wildman–Crippen MR) is 65.2 cm³/mol. The molecule has 1 aliphatic rings. The minimum Gasteiger partial charge on any atom is -0.317 e. The van der Waals surface area contributed by atoms with Crippen molar-refractivity contribution in [3.8, 4) is 0 Å². The quantitative estimate of drug-likeness (QED) is 0.779. The Morgan fingerprint density at radius 3 is 2.33 bits per heavy atom. The van der Waals surface area contributed by atoms with Gasteiger partial charge in [0, 0.05) is 0 Å². The zero-order valence-corrected chi connectivity index (χ0v) is 9.79. The van der Waals surface area contributed by atoms with Crippen LogP contribution in [0.15, 0.2) is 24.3 Å². The predicted octanol–water partition coefficient (Wildman–Crippen LogP) is 3.10. The van der Waals surface area contributed by atoms with E-state index in [1.165, 1.54) is 37.1 Å². The second kappa shape index (κ2) is 4.80. The summed E-state index contributed by atoms with van der Waals surface area (Å²) >= 11 is 0. The molecule has 82 valence electrons. The van der Waals surface area contributed by atoms with Gasteiger partial charge < -0.3 is 5.32 Å². The molecule has 1 heteroatoms. The molecule has 1 saturated heterocycles. The molecule has 1 aromatic rings. The zero-order chi connectivity index (χ0) is 10.7. The van der Waals surface area contributed by atoms with E-state index >= 15 is 0 Å². The highest BCUT2D eigenvalue weighted by atomic mass is 14.9. The van der Waals surface area contributed by atoms with E-state index in [1.807, 2.05) is 0 Å². The molecule has 1 fully saturated rings. The Bertz CT molecular complexity index is 296. The molecule has 2 rings (SSSR count). The number of benzene rings is 1. The van der Waals surface area contributed by atoms with Crippen molar-refractivity contribution in [1.82, 2.24) is 5.32 Å². The van der Waals surface area contributed by atoms with Crippen LogP contribution in [0, 0.1) is 12.8 Å². The molecule has 15 heavy (non-hydrogen) atoms. The minimum atomic E-state index is 0.715. The van der Waals surface area contributed by atoms with Crippen molar-refractivity contribution in [1.29, 1.82) is 0 Å². The summed E-state index contributed by atoms with van der Waals surface area (Å²) in [4.78, 5) is 0. The molecule has 1 unspecified atom stereocenters. The van der Waals surface area contributed by atoms with E-state index in [0.717, 1.165) is 5.92 Å². The van der Waals surface area contributed by atoms with Crippen LogP contribution in [0.3, 0.4) is 0 Å². The van der Waals surface area contributed by atoms with E-state index in [1.54, 1.807) is 0 Å². The van der Waals surface area contributed by atoms with Gasteiger partial charge in [-0.25, -0.2) is 0 Å². The van der Waals surface area contributed by atoms with Gasteiger partial charge in [0.15, 0.2) is 0 Å². The fourth-order valence-electron chi connectivity index (χ4n) is 2.49. The molecule has 0 spiro atoms. The molecule has 0 aromatic heterocycles. The summed E-state index contributed by atoms with van der Waals surface area (Å²) in [6.45, 7) is 6.92. The summed E-state index contributed by atoms with van der Waals surface area (Å²) in [6, 6.07) is 9.05. The second-order valence-corrected chi connectivity index (χ2v) is 4.79. The summed E-state index contributed by atoms with van der Waals surface area (Å²) in [5.74, 6) is 1.58. The fourth-order valence-corrected chi connectivity index (χ4v) is 2.49. The van der Waals surface area contributed by atoms with Crippen molar-refractivity contribution < 1.29 is 0 Å². The third kappa shape index (κ3) is 2.60. The van der Waals surface area contributed by atoms with E-state index in [2.05, 4.69) is 43.4 Å². The maximum absolute atomic E-state index is 3.43. The number of rotatable bonds is 2. The lowest BCUT2D eigenvalue weighted by atomic mass is 9.81. The van der Waals surface area contributed by atoms with Gasteiger partial charge in [-0.05, 0) is 50.3 Å². The van der Waals surface area contributed by atoms with Gasteiger partial charge in [0.25, 0.3) is 0 Å². The largest absolute Gasteiger partial charge is 0.317 e. The van der Waals surface area contributed by atoms with Gasteiger partial charge in [-0.15, -0.1) is 0 Å². The number of aryl methyl sites for hydroxylation is 1. The number of piperidine rings is 1. The first-order chi connectivity index (χ1) is 7.27. The molecule has 0 bridgehead atoms. The van der Waals surface area contributed by atoms with Gasteiger partial charge in [-0.3, -0.25) is 0 Å². The molecule has 0 aliphatic carbocycles. The molecule has 0 radical (unpaired) electrons. The molecule has 1 aliphatic heterocycles. The highest BCUT2D eigenvalue weighted by Gasteiger charge is 2.20. The highest BCUT2D eigenvalue weighted by Crippen LogP contribution is 2.30. The molecule has 1 N–H and O–H groups in total. The summed E-state index contributed by atoms with van der Waals surface area (Å²) in [6.07, 6.45) is 2.66. The van der Waals surface area contributed by atoms with Crippen LogP contribution < -0.4 is 5.32 Å². The van der Waals surface area contributed by atoms with Crippen LogP contribution in [0.2, 0.25) is 0 Å². The van der Waals surface area contributed by atoms with Gasteiger partial charge >= 0.3 is 0 Å². The van der Waals surface area contributed by atoms with Gasteiger partial charge in [0.2, 0.25) is 0 Å². The first kappa shape index (κ1) is 10.7. The van der Waals surface area contributed by atoms with Gasteiger partial charge in [-0.1, -0.05) is 36.8 Å². The summed E-state index contributed by atoms with van der Waals surface area (Å²) in [7, 11) is 0. The van der Waals surface area contributed by atoms with Crippen molar-refractivity contribution in [2.75, 3.05) is 13.1 Å². The lowest BCUT2D eigenvalue weighted by Crippen LogP contribution is -2.30. The maximum Gasteiger partial charge on any atom is -0.00461 e. The first-order valence-corrected chi connectivity index (χ1v) is 6.04. The van der Waals surface area contributed by atoms with Crippen LogP contribution >= 0.6 is 0 Å². The molecule has 1 nitrogen and oxygen atoms in total. The Hall–Kier alpha value is -0.820. The van der Waals surface area contributed by atoms with Crippen LogP contribution in [0.1, 0.15) is 36.8 Å². The van der Waals surface area contributed by atoms with Crippen LogP contribution in [0.25, 0.3) is 0 Å². The van der Waals surface area contributed by atoms with Crippen molar-refractivity contribution in [3.05, 3.63) is 35.4 Å². The Labute approximate surface area is 92.9 Å². The van der Waals surface area contributed by atoms with E-state index in [9.17, 15) is 0 Å². The molecular weight excluding hydrogens is 182 g/mol. The Balaban J connectivity index is 2.05. The Kier molecular flexibility index (Phi) is 3.42. The standard InChI is InChI=1S/C14H21N/c1-11-3-5-13(6-4-11)12(2)14-7-9-15-10-8-14/h3-6,12,14-15H,7-10H2,1-2H3. The van der Waals surface area contributed by atoms with Crippen LogP contribution in [-0.2, 0) is 0 Å². The molecule has 0 saturated carbocycles. The average molecular weight is 203 g/mol. The summed E-state index contributed by atoms with van der Waals surface area (Å²) in [5.41, 5.74) is 2.86. The van der Waals surface area contributed by atoms with Gasteiger partial charge in [0.1, 0.15) is 0 Å². The van der Waals surface area contributed by atoms with Crippen molar-refractivity contribution in [2.24, 2.45) is 5.92 Å². The molecule has 1 atom stereocenters. The van der Waals surface area contributed by atoms with Crippen molar-refractivity contribution >= 4 is 0 Å². The topological polar surface area (TPSA) is 12.0 Å². The van der Waals surface area contributed by atoms with Crippen LogP contribution in [0.5, 0.6) is 0 Å². The smallest absolute Gasteiger partial charge is 0.00461 e. The number of hydrogen-bond acceptors (Lipinski definition) is 1. The lowest BCUT2D eigenvalue weighted by molar-refractivity contribution is 0.330. The molecule has 0 amide bonds. The third-order valence-electron chi connectivity index (χ3n) is 3.69. The third-order valence-corrected chi connectivity index (χ3v) is 3.69. The number of nitrogens with one attached hydrogen (secondary N) is 1. The SMILES string of the molecule is Cc1ccc(C(C)C2CCNCC2)cc1. The molecule has 1 heterocycles.